The van der Waals surface area contributed by atoms with Crippen LogP contribution in [0.5, 0.6) is 23.0 Å². The lowest BCUT2D eigenvalue weighted by atomic mass is 10.2. The molecule has 150 valence electrons. The maximum absolute atomic E-state index is 12.7. The lowest BCUT2D eigenvalue weighted by Gasteiger charge is -2.08. The van der Waals surface area contributed by atoms with E-state index in [1.165, 1.54) is 30.5 Å². The summed E-state index contributed by atoms with van der Waals surface area (Å²) in [5, 5.41) is 0.718. The van der Waals surface area contributed by atoms with Gasteiger partial charge in [-0.3, -0.25) is 4.79 Å². The molecule has 0 N–H and O–H groups in total. The lowest BCUT2D eigenvalue weighted by molar-refractivity contribution is 0.0735. The monoisotopic (exact) mass is 422 g/mol. The van der Waals surface area contributed by atoms with Gasteiger partial charge in [0.05, 0.1) is 18.1 Å². The molecule has 0 fully saturated rings. The second-order valence-corrected chi connectivity index (χ2v) is 6.70. The molecule has 1 aromatic heterocycles. The number of rotatable bonds is 5. The fourth-order valence-electron chi connectivity index (χ4n) is 2.80. The molecular formula is C23H15ClO6. The normalized spacial score (nSPS) is 10.6. The van der Waals surface area contributed by atoms with E-state index in [9.17, 15) is 9.59 Å². The second-order valence-electron chi connectivity index (χ2n) is 6.27. The van der Waals surface area contributed by atoms with Crippen molar-refractivity contribution in [2.75, 3.05) is 7.11 Å². The fourth-order valence-corrected chi connectivity index (χ4v) is 2.99. The van der Waals surface area contributed by atoms with Gasteiger partial charge in [0.2, 0.25) is 11.2 Å². The molecule has 0 saturated carbocycles. The van der Waals surface area contributed by atoms with E-state index >= 15 is 0 Å². The van der Waals surface area contributed by atoms with Gasteiger partial charge in [0, 0.05) is 17.2 Å². The van der Waals surface area contributed by atoms with E-state index in [0.717, 1.165) is 0 Å². The van der Waals surface area contributed by atoms with Gasteiger partial charge in [-0.15, -0.1) is 0 Å². The van der Waals surface area contributed by atoms with Crippen molar-refractivity contribution in [2.45, 2.75) is 0 Å². The van der Waals surface area contributed by atoms with E-state index in [2.05, 4.69) is 0 Å². The number of carbonyl (C=O) groups is 1. The Bertz CT molecular complexity index is 1290. The highest BCUT2D eigenvalue weighted by Crippen LogP contribution is 2.26. The number of halogens is 1. The Kier molecular flexibility index (Phi) is 5.41. The van der Waals surface area contributed by atoms with Crippen LogP contribution in [0.3, 0.4) is 0 Å². The van der Waals surface area contributed by atoms with E-state index < -0.39 is 5.97 Å². The SMILES string of the molecule is COc1cccc(Oc2coc3cc(OC(=O)c4cccc(Cl)c4)ccc3c2=O)c1. The predicted octanol–water partition coefficient (Wildman–Crippen LogP) is 5.47. The standard InChI is InChI=1S/C23H15ClO6/c1-27-16-6-3-7-17(11-16)29-21-13-28-20-12-18(8-9-19(20)22(21)25)30-23(26)14-4-2-5-15(24)10-14/h2-13H,1H3. The summed E-state index contributed by atoms with van der Waals surface area (Å²) >= 11 is 5.90. The molecule has 0 spiro atoms. The van der Waals surface area contributed by atoms with Crippen molar-refractivity contribution < 1.29 is 23.4 Å². The van der Waals surface area contributed by atoms with Crippen LogP contribution >= 0.6 is 11.6 Å². The molecule has 0 saturated heterocycles. The van der Waals surface area contributed by atoms with Gasteiger partial charge < -0.3 is 18.6 Å². The molecule has 0 radical (unpaired) electrons. The van der Waals surface area contributed by atoms with Crippen LogP contribution in [0.1, 0.15) is 10.4 Å². The van der Waals surface area contributed by atoms with Crippen molar-refractivity contribution >= 4 is 28.5 Å². The highest BCUT2D eigenvalue weighted by Gasteiger charge is 2.13. The third kappa shape index (κ3) is 4.14. The molecule has 0 amide bonds. The van der Waals surface area contributed by atoms with Crippen LogP contribution in [0.25, 0.3) is 11.0 Å². The molecule has 0 aliphatic carbocycles. The highest BCUT2D eigenvalue weighted by molar-refractivity contribution is 6.30. The van der Waals surface area contributed by atoms with E-state index in [1.54, 1.807) is 49.6 Å². The quantitative estimate of drug-likeness (QED) is 0.314. The molecule has 4 rings (SSSR count). The van der Waals surface area contributed by atoms with Gasteiger partial charge in [-0.25, -0.2) is 4.79 Å². The summed E-state index contributed by atoms with van der Waals surface area (Å²) in [6, 6.07) is 17.8. The first-order chi connectivity index (χ1) is 14.5. The maximum atomic E-state index is 12.7. The first kappa shape index (κ1) is 19.5. The number of methoxy groups -OCH3 is 1. The van der Waals surface area contributed by atoms with Crippen LogP contribution < -0.4 is 19.6 Å². The summed E-state index contributed by atoms with van der Waals surface area (Å²) in [5.41, 5.74) is 0.215. The Hall–Kier alpha value is -3.77. The molecule has 0 bridgehead atoms. The molecule has 7 heteroatoms. The molecule has 0 aliphatic rings. The summed E-state index contributed by atoms with van der Waals surface area (Å²) in [6.45, 7) is 0. The van der Waals surface area contributed by atoms with Crippen LogP contribution in [-0.4, -0.2) is 13.1 Å². The minimum Gasteiger partial charge on any atom is -0.497 e. The third-order valence-electron chi connectivity index (χ3n) is 4.25. The molecule has 4 aromatic rings. The van der Waals surface area contributed by atoms with Crippen LogP contribution in [0, 0.1) is 0 Å². The first-order valence-electron chi connectivity index (χ1n) is 8.89. The van der Waals surface area contributed by atoms with Gasteiger partial charge in [-0.2, -0.15) is 0 Å². The summed E-state index contributed by atoms with van der Waals surface area (Å²) in [4.78, 5) is 25.0. The molecule has 3 aromatic carbocycles. The smallest absolute Gasteiger partial charge is 0.343 e. The molecule has 30 heavy (non-hydrogen) atoms. The van der Waals surface area contributed by atoms with Gasteiger partial charge in [0.1, 0.15) is 29.1 Å². The van der Waals surface area contributed by atoms with Crippen molar-refractivity contribution in [1.82, 2.24) is 0 Å². The van der Waals surface area contributed by atoms with Crippen molar-refractivity contribution in [1.29, 1.82) is 0 Å². The average molecular weight is 423 g/mol. The minimum absolute atomic E-state index is 0.0272. The highest BCUT2D eigenvalue weighted by atomic mass is 35.5. The van der Waals surface area contributed by atoms with Gasteiger partial charge in [-0.05, 0) is 42.5 Å². The van der Waals surface area contributed by atoms with Crippen LogP contribution in [-0.2, 0) is 0 Å². The Morgan fingerprint density at radius 2 is 1.73 bits per heavy atom. The van der Waals surface area contributed by atoms with Crippen molar-refractivity contribution in [3.63, 3.8) is 0 Å². The second kappa shape index (κ2) is 8.31. The van der Waals surface area contributed by atoms with Gasteiger partial charge in [0.25, 0.3) is 0 Å². The fraction of sp³-hybridized carbons (Fsp3) is 0.0435. The Morgan fingerprint density at radius 1 is 0.933 bits per heavy atom. The summed E-state index contributed by atoms with van der Waals surface area (Å²) < 4.78 is 21.7. The van der Waals surface area contributed by atoms with Crippen LogP contribution in [0.2, 0.25) is 5.02 Å². The van der Waals surface area contributed by atoms with Gasteiger partial charge in [0.15, 0.2) is 0 Å². The first-order valence-corrected chi connectivity index (χ1v) is 9.26. The van der Waals surface area contributed by atoms with E-state index in [1.807, 2.05) is 0 Å². The number of fused-ring (bicyclic) bond motifs is 1. The van der Waals surface area contributed by atoms with Crippen LogP contribution in [0.4, 0.5) is 0 Å². The Balaban J connectivity index is 1.59. The van der Waals surface area contributed by atoms with Crippen molar-refractivity contribution in [2.24, 2.45) is 0 Å². The van der Waals surface area contributed by atoms with E-state index in [4.69, 9.17) is 30.2 Å². The molecule has 6 nitrogen and oxygen atoms in total. The van der Waals surface area contributed by atoms with E-state index in [-0.39, 0.29) is 27.9 Å². The Morgan fingerprint density at radius 3 is 2.53 bits per heavy atom. The molecule has 0 unspecified atom stereocenters. The van der Waals surface area contributed by atoms with Crippen molar-refractivity contribution in [3.05, 3.63) is 93.8 Å². The number of ether oxygens (including phenoxy) is 3. The summed E-state index contributed by atoms with van der Waals surface area (Å²) in [5.74, 6) is 0.727. The number of hydrogen-bond donors (Lipinski definition) is 0. The van der Waals surface area contributed by atoms with Gasteiger partial charge in [-0.1, -0.05) is 23.7 Å². The largest absolute Gasteiger partial charge is 0.497 e. The minimum atomic E-state index is -0.572. The third-order valence-corrected chi connectivity index (χ3v) is 4.49. The zero-order valence-electron chi connectivity index (χ0n) is 15.8. The predicted molar refractivity (Wildman–Crippen MR) is 112 cm³/mol. The zero-order valence-corrected chi connectivity index (χ0v) is 16.5. The number of hydrogen-bond acceptors (Lipinski definition) is 6. The number of benzene rings is 3. The molecule has 0 atom stereocenters. The number of esters is 1. The maximum Gasteiger partial charge on any atom is 0.343 e. The van der Waals surface area contributed by atoms with Gasteiger partial charge >= 0.3 is 5.97 Å². The zero-order chi connectivity index (χ0) is 21.1. The van der Waals surface area contributed by atoms with E-state index in [0.29, 0.717) is 22.1 Å². The topological polar surface area (TPSA) is 75.0 Å². The van der Waals surface area contributed by atoms with Crippen molar-refractivity contribution in [3.8, 4) is 23.0 Å². The Labute approximate surface area is 176 Å². The lowest BCUT2D eigenvalue weighted by Crippen LogP contribution is -2.09. The molecule has 1 heterocycles. The summed E-state index contributed by atoms with van der Waals surface area (Å²) in [7, 11) is 1.54. The number of carbonyl (C=O) groups excluding carboxylic acids is 1. The molecule has 0 aliphatic heterocycles. The molecular weight excluding hydrogens is 408 g/mol. The summed E-state index contributed by atoms with van der Waals surface area (Å²) in [6.07, 6.45) is 1.21. The van der Waals surface area contributed by atoms with Crippen LogP contribution in [0.15, 0.2) is 82.2 Å². The average Bonchev–Trinajstić information content (AvgIpc) is 2.76.